The number of fused-ring (bicyclic) bond motifs is 1. The van der Waals surface area contributed by atoms with E-state index in [1.165, 1.54) is 12.3 Å². The van der Waals surface area contributed by atoms with Crippen molar-refractivity contribution in [3.63, 3.8) is 0 Å². The van der Waals surface area contributed by atoms with E-state index in [4.69, 9.17) is 0 Å². The maximum atomic E-state index is 14.4. The highest BCUT2D eigenvalue weighted by atomic mass is 19.1. The summed E-state index contributed by atoms with van der Waals surface area (Å²) in [6, 6.07) is -0.0456. The largest absolute Gasteiger partial charge is 0.365 e. The van der Waals surface area contributed by atoms with E-state index >= 15 is 0 Å². The molecule has 0 bridgehead atoms. The summed E-state index contributed by atoms with van der Waals surface area (Å²) >= 11 is 0. The van der Waals surface area contributed by atoms with Gasteiger partial charge in [0.2, 0.25) is 11.9 Å². The van der Waals surface area contributed by atoms with Gasteiger partial charge in [-0.15, -0.1) is 0 Å². The Labute approximate surface area is 167 Å². The topological polar surface area (TPSA) is 104 Å². The molecule has 3 aromatic heterocycles. The molecule has 0 saturated carbocycles. The normalized spacial score (nSPS) is 16.8. The van der Waals surface area contributed by atoms with Gasteiger partial charge in [-0.05, 0) is 25.8 Å². The number of likely N-dealkylation sites (tertiary alicyclic amines) is 1. The first-order valence-corrected chi connectivity index (χ1v) is 9.59. The van der Waals surface area contributed by atoms with Crippen molar-refractivity contribution in [3.8, 4) is 0 Å². The Hall–Kier alpha value is -3.43. The summed E-state index contributed by atoms with van der Waals surface area (Å²) in [6.45, 7) is 7.49. The Bertz CT molecular complexity index is 1040. The van der Waals surface area contributed by atoms with Gasteiger partial charge in [-0.25, -0.2) is 4.39 Å². The molecule has 3 N–H and O–H groups in total. The fourth-order valence-corrected chi connectivity index (χ4v) is 3.50. The molecule has 29 heavy (non-hydrogen) atoms. The van der Waals surface area contributed by atoms with Crippen LogP contribution in [0.4, 0.5) is 21.8 Å². The fraction of sp³-hybridized carbons (Fsp3) is 0.368. The minimum absolute atomic E-state index is 0.0456. The molecule has 10 heteroatoms. The number of aromatic amines is 1. The number of H-pyrrole nitrogens is 1. The SMILES string of the molecule is C=CC(=O)N1CCCC(Nc2nc(Nc3cnn(CC)c3)nc3[nH]cc(F)c23)C1. The van der Waals surface area contributed by atoms with Crippen molar-refractivity contribution in [2.75, 3.05) is 23.7 Å². The first-order chi connectivity index (χ1) is 14.1. The average molecular weight is 398 g/mol. The van der Waals surface area contributed by atoms with Gasteiger partial charge in [0.05, 0.1) is 17.3 Å². The number of halogens is 1. The van der Waals surface area contributed by atoms with Crippen LogP contribution in [0, 0.1) is 5.82 Å². The lowest BCUT2D eigenvalue weighted by atomic mass is 10.1. The van der Waals surface area contributed by atoms with Crippen LogP contribution in [-0.4, -0.2) is 54.7 Å². The van der Waals surface area contributed by atoms with E-state index < -0.39 is 5.82 Å². The molecule has 1 aliphatic rings. The van der Waals surface area contributed by atoms with Crippen LogP contribution in [0.15, 0.2) is 31.2 Å². The smallest absolute Gasteiger partial charge is 0.246 e. The number of nitrogens with one attached hydrogen (secondary N) is 3. The van der Waals surface area contributed by atoms with Crippen LogP contribution in [-0.2, 0) is 11.3 Å². The van der Waals surface area contributed by atoms with Crippen molar-refractivity contribution in [1.82, 2.24) is 29.6 Å². The molecular weight excluding hydrogens is 375 g/mol. The van der Waals surface area contributed by atoms with Gasteiger partial charge in [-0.3, -0.25) is 9.48 Å². The first-order valence-electron chi connectivity index (χ1n) is 9.59. The van der Waals surface area contributed by atoms with E-state index in [-0.39, 0.29) is 11.9 Å². The summed E-state index contributed by atoms with van der Waals surface area (Å²) in [5.74, 6) is 0.180. The summed E-state index contributed by atoms with van der Waals surface area (Å²) in [6.07, 6.45) is 7.80. The molecule has 1 saturated heterocycles. The zero-order chi connectivity index (χ0) is 20.4. The van der Waals surface area contributed by atoms with E-state index in [9.17, 15) is 9.18 Å². The Morgan fingerprint density at radius 3 is 3.10 bits per heavy atom. The molecule has 0 radical (unpaired) electrons. The van der Waals surface area contributed by atoms with Gasteiger partial charge in [0.15, 0.2) is 5.82 Å². The number of rotatable bonds is 6. The highest BCUT2D eigenvalue weighted by molar-refractivity contribution is 5.89. The minimum Gasteiger partial charge on any atom is -0.365 e. The lowest BCUT2D eigenvalue weighted by molar-refractivity contribution is -0.127. The van der Waals surface area contributed by atoms with E-state index in [1.807, 2.05) is 13.1 Å². The summed E-state index contributed by atoms with van der Waals surface area (Å²) in [5, 5.41) is 10.9. The van der Waals surface area contributed by atoms with Gasteiger partial charge < -0.3 is 20.5 Å². The molecule has 0 spiro atoms. The molecule has 9 nitrogen and oxygen atoms in total. The number of hydrogen-bond donors (Lipinski definition) is 3. The van der Waals surface area contributed by atoms with Crippen molar-refractivity contribution < 1.29 is 9.18 Å². The molecule has 4 heterocycles. The maximum absolute atomic E-state index is 14.4. The predicted octanol–water partition coefficient (Wildman–Crippen LogP) is 2.65. The number of carbonyl (C=O) groups excluding carboxylic acids is 1. The van der Waals surface area contributed by atoms with Crippen molar-refractivity contribution in [2.45, 2.75) is 32.4 Å². The van der Waals surface area contributed by atoms with Crippen LogP contribution in [0.25, 0.3) is 11.0 Å². The van der Waals surface area contributed by atoms with Crippen LogP contribution in [0.5, 0.6) is 0 Å². The van der Waals surface area contributed by atoms with Crippen LogP contribution < -0.4 is 10.6 Å². The Kier molecular flexibility index (Phi) is 5.15. The van der Waals surface area contributed by atoms with Crippen molar-refractivity contribution in [3.05, 3.63) is 37.1 Å². The monoisotopic (exact) mass is 398 g/mol. The van der Waals surface area contributed by atoms with Crippen molar-refractivity contribution in [1.29, 1.82) is 0 Å². The van der Waals surface area contributed by atoms with Gasteiger partial charge >= 0.3 is 0 Å². The second kappa shape index (κ2) is 7.90. The molecule has 4 rings (SSSR count). The van der Waals surface area contributed by atoms with E-state index in [1.54, 1.807) is 15.8 Å². The van der Waals surface area contributed by atoms with E-state index in [0.717, 1.165) is 25.1 Å². The third-order valence-electron chi connectivity index (χ3n) is 4.95. The highest BCUT2D eigenvalue weighted by Gasteiger charge is 2.24. The lowest BCUT2D eigenvalue weighted by Gasteiger charge is -2.32. The second-order valence-electron chi connectivity index (χ2n) is 6.94. The Balaban J connectivity index is 1.61. The zero-order valence-corrected chi connectivity index (χ0v) is 16.2. The van der Waals surface area contributed by atoms with E-state index in [0.29, 0.717) is 35.9 Å². The lowest BCUT2D eigenvalue weighted by Crippen LogP contribution is -2.44. The molecule has 0 aromatic carbocycles. The number of piperidine rings is 1. The molecule has 3 aromatic rings. The van der Waals surface area contributed by atoms with Crippen molar-refractivity contribution >= 4 is 34.4 Å². The van der Waals surface area contributed by atoms with Crippen LogP contribution in [0.3, 0.4) is 0 Å². The van der Waals surface area contributed by atoms with E-state index in [2.05, 4.69) is 37.3 Å². The molecule has 1 amide bonds. The number of carbonyl (C=O) groups is 1. The minimum atomic E-state index is -0.428. The first kappa shape index (κ1) is 18.9. The van der Waals surface area contributed by atoms with Crippen molar-refractivity contribution in [2.24, 2.45) is 0 Å². The number of aryl methyl sites for hydroxylation is 1. The Morgan fingerprint density at radius 2 is 2.34 bits per heavy atom. The third kappa shape index (κ3) is 3.91. The quantitative estimate of drug-likeness (QED) is 0.552. The number of nitrogens with zero attached hydrogens (tertiary/aromatic N) is 5. The van der Waals surface area contributed by atoms with Gasteiger partial charge in [0.25, 0.3) is 0 Å². The van der Waals surface area contributed by atoms with Gasteiger partial charge in [0, 0.05) is 38.1 Å². The molecule has 1 aliphatic heterocycles. The second-order valence-corrected chi connectivity index (χ2v) is 6.94. The zero-order valence-electron chi connectivity index (χ0n) is 16.2. The fourth-order valence-electron chi connectivity index (χ4n) is 3.50. The van der Waals surface area contributed by atoms with Gasteiger partial charge in [-0.2, -0.15) is 15.1 Å². The average Bonchev–Trinajstić information content (AvgIpc) is 3.34. The number of amides is 1. The van der Waals surface area contributed by atoms with Gasteiger partial charge in [0.1, 0.15) is 11.5 Å². The van der Waals surface area contributed by atoms with Crippen LogP contribution in [0.1, 0.15) is 19.8 Å². The molecular formula is C19H23FN8O. The van der Waals surface area contributed by atoms with Gasteiger partial charge in [-0.1, -0.05) is 6.58 Å². The highest BCUT2D eigenvalue weighted by Crippen LogP contribution is 2.27. The molecule has 0 aliphatic carbocycles. The molecule has 152 valence electrons. The Morgan fingerprint density at radius 1 is 1.48 bits per heavy atom. The number of anilines is 3. The maximum Gasteiger partial charge on any atom is 0.246 e. The summed E-state index contributed by atoms with van der Waals surface area (Å²) in [7, 11) is 0. The third-order valence-corrected chi connectivity index (χ3v) is 4.95. The summed E-state index contributed by atoms with van der Waals surface area (Å²) < 4.78 is 16.1. The van der Waals surface area contributed by atoms with Crippen LogP contribution >= 0.6 is 0 Å². The molecule has 1 unspecified atom stereocenters. The summed E-state index contributed by atoms with van der Waals surface area (Å²) in [5.41, 5.74) is 1.13. The predicted molar refractivity (Wildman–Crippen MR) is 108 cm³/mol. The standard InChI is InChI=1S/C19H23FN8O/c1-3-15(29)27-7-5-6-12(10-27)23-18-16-14(20)9-21-17(16)25-19(26-18)24-13-8-22-28(4-2)11-13/h3,8-9,11-12H,1,4-7,10H2,2H3,(H3,21,23,24,25,26). The molecule has 1 fully saturated rings. The number of hydrogen-bond acceptors (Lipinski definition) is 6. The molecule has 1 atom stereocenters. The summed E-state index contributed by atoms with van der Waals surface area (Å²) in [4.78, 5) is 25.4. The van der Waals surface area contributed by atoms with Crippen LogP contribution in [0.2, 0.25) is 0 Å². The number of aromatic nitrogens is 5.